The fourth-order valence-electron chi connectivity index (χ4n) is 37.9. The van der Waals surface area contributed by atoms with E-state index in [9.17, 15) is 0 Å². The highest BCUT2D eigenvalue weighted by Gasteiger charge is 3.05. The van der Waals surface area contributed by atoms with E-state index < -0.39 is 0 Å². The molecule has 22 bridgehead atoms. The molecule has 33 aliphatic rings. The van der Waals surface area contributed by atoms with Crippen molar-refractivity contribution < 1.29 is 28.4 Å². The minimum Gasteiger partial charge on any atom is -0.378 e. The van der Waals surface area contributed by atoms with Gasteiger partial charge in [-0.05, 0) is 446 Å². The van der Waals surface area contributed by atoms with Crippen molar-refractivity contribution in [1.82, 2.24) is 4.90 Å². The maximum absolute atomic E-state index is 6.18. The van der Waals surface area contributed by atoms with Crippen LogP contribution in [0.1, 0.15) is 535 Å². The minimum atomic E-state index is 0.128. The van der Waals surface area contributed by atoms with Crippen LogP contribution in [0.25, 0.3) is 0 Å². The van der Waals surface area contributed by atoms with Crippen molar-refractivity contribution in [3.05, 3.63) is 0 Å². The van der Waals surface area contributed by atoms with Gasteiger partial charge in [-0.2, -0.15) is 0 Å². The minimum absolute atomic E-state index is 0.128. The fraction of sp³-hybridized carbons (Fsp3) is 1.00. The second-order valence-electron chi connectivity index (χ2n) is 62.5. The van der Waals surface area contributed by atoms with Crippen molar-refractivity contribution in [1.29, 1.82) is 0 Å². The average Bonchev–Trinajstić information content (AvgIpc) is 0.715. The van der Waals surface area contributed by atoms with E-state index in [4.69, 9.17) is 28.4 Å². The maximum Gasteiger partial charge on any atom is 0.0870 e. The van der Waals surface area contributed by atoms with E-state index in [0.717, 1.165) is 89.6 Å². The van der Waals surface area contributed by atoms with Crippen LogP contribution in [0.15, 0.2) is 0 Å². The molecule has 768 valence electrons. The summed E-state index contributed by atoms with van der Waals surface area (Å²) < 4.78 is 36.1. The lowest BCUT2D eigenvalue weighted by molar-refractivity contribution is -0.634. The molecule has 33 fully saturated rings. The van der Waals surface area contributed by atoms with E-state index in [1.807, 2.05) is 0 Å². The van der Waals surface area contributed by atoms with Gasteiger partial charge in [0.15, 0.2) is 0 Å². The summed E-state index contributed by atoms with van der Waals surface area (Å²) in [6, 6.07) is 0. The molecule has 0 aromatic carbocycles. The van der Waals surface area contributed by atoms with Crippen molar-refractivity contribution in [2.24, 2.45) is 170 Å². The zero-order chi connectivity index (χ0) is 96.0. The van der Waals surface area contributed by atoms with Crippen molar-refractivity contribution in [3.8, 4) is 0 Å². The Morgan fingerprint density at radius 1 is 0.263 bits per heavy atom. The van der Waals surface area contributed by atoms with Crippen LogP contribution < -0.4 is 0 Å². The van der Waals surface area contributed by atoms with Gasteiger partial charge >= 0.3 is 0 Å². The lowest BCUT2D eigenvalue weighted by atomic mass is 8.94. The number of hydrogen-bond donors (Lipinski definition) is 0. The zero-order valence-electron chi connectivity index (χ0n) is 94.1. The van der Waals surface area contributed by atoms with Gasteiger partial charge in [-0.25, -0.2) is 0 Å². The van der Waals surface area contributed by atoms with Crippen LogP contribution in [0.2, 0.25) is 0 Å². The normalized spacial score (nSPS) is 46.7. The third-order valence-electron chi connectivity index (χ3n) is 49.0. The Morgan fingerprint density at radius 2 is 0.639 bits per heavy atom. The molecule has 0 amide bonds. The Morgan fingerprint density at radius 3 is 0.985 bits per heavy atom. The summed E-state index contributed by atoms with van der Waals surface area (Å²) in [5.41, 5.74) is 9.81. The van der Waals surface area contributed by atoms with Gasteiger partial charge in [-0.3, -0.25) is 0 Å². The number of nitrogens with zero attached hydrogens (tertiary/aromatic N) is 1. The molecule has 18 saturated carbocycles. The Labute approximate surface area is 825 Å². The Hall–Kier alpha value is -0.280. The monoisotopic (exact) mass is 1850 g/mol. The summed E-state index contributed by atoms with van der Waals surface area (Å²) in [6.07, 6.45) is 75.9. The summed E-state index contributed by atoms with van der Waals surface area (Å²) >= 11 is 0. The Bertz CT molecular complexity index is 3290. The van der Waals surface area contributed by atoms with Crippen LogP contribution in [-0.2, 0) is 28.4 Å². The smallest absolute Gasteiger partial charge is 0.0870 e. The first kappa shape index (κ1) is 106. The Kier molecular flexibility index (Phi) is 30.6. The molecule has 33 rings (SSSR count). The summed E-state index contributed by atoms with van der Waals surface area (Å²) in [7, 11) is 0. The second kappa shape index (κ2) is 38.5. The number of hydrogen-bond acceptors (Lipinski definition) is 7. The van der Waals surface area contributed by atoms with E-state index in [2.05, 4.69) is 213 Å². The van der Waals surface area contributed by atoms with Gasteiger partial charge in [-0.1, -0.05) is 259 Å². The third-order valence-corrected chi connectivity index (χ3v) is 49.0. The zero-order valence-corrected chi connectivity index (χ0v) is 94.1. The van der Waals surface area contributed by atoms with Crippen LogP contribution >= 0.6 is 0 Å². The van der Waals surface area contributed by atoms with Crippen molar-refractivity contribution in [2.75, 3.05) is 32.8 Å². The van der Waals surface area contributed by atoms with Gasteiger partial charge < -0.3 is 33.3 Å². The Balaban J connectivity index is 0.000000107. The van der Waals surface area contributed by atoms with Crippen LogP contribution in [0.3, 0.4) is 0 Å². The summed E-state index contributed by atoms with van der Waals surface area (Å²) in [5.74, 6) is 16.4. The topological polar surface area (TPSA) is 58.6 Å². The molecule has 18 aliphatic carbocycles. The molecule has 7 nitrogen and oxygen atoms in total. The second-order valence-corrected chi connectivity index (χ2v) is 62.5. The van der Waals surface area contributed by atoms with Gasteiger partial charge in [0.1, 0.15) is 0 Å². The van der Waals surface area contributed by atoms with E-state index in [1.165, 1.54) is 363 Å². The maximum atomic E-state index is 6.18. The molecular formula is C126H223NO6. The third kappa shape index (κ3) is 19.7. The summed E-state index contributed by atoms with van der Waals surface area (Å²) in [4.78, 5) is 2.62. The van der Waals surface area contributed by atoms with Crippen LogP contribution in [0.4, 0.5) is 0 Å². The fourth-order valence-corrected chi connectivity index (χ4v) is 37.9. The highest BCUT2D eigenvalue weighted by molar-refractivity contribution is 5.51. The molecule has 0 aromatic rings. The highest BCUT2D eigenvalue weighted by atomic mass is 16.6. The number of piperidine rings is 3. The first-order valence-corrected chi connectivity index (χ1v) is 59.7. The molecule has 0 spiro atoms. The van der Waals surface area contributed by atoms with E-state index in [-0.39, 0.29) is 22.2 Å². The molecular weight excluding hydrogens is 1620 g/mol. The molecule has 8 atom stereocenters. The quantitative estimate of drug-likeness (QED) is 0.279. The average molecular weight is 1850 g/mol. The van der Waals surface area contributed by atoms with Crippen LogP contribution in [0.5, 0.6) is 0 Å². The lowest BCUT2D eigenvalue weighted by Gasteiger charge is -3.09. The van der Waals surface area contributed by atoms with Crippen molar-refractivity contribution >= 4 is 0 Å². The SMILES string of the molecule is CC(C)(C)C12C3C4C5C3C1C5C42.CC(C)(C)C12CC3CC(O1)C(C2)O3.CC(C)(C)C12CCC(CC1)CC2.CC(C)(C)C12CCC(CC1)CO2.CC(C)(C)C12CCC(CC1)OC2.CC(C)(C)C12CCCC(CC1)C2.CC(C)(C)C12CCCC(CC1)CC2.CC(C)(C)C12CCN(CC1)CC2.CC(C)C12CCCC(CC1)O2.CC(C)C12CCCC(CCC1)C2.CC(C)C12CCCC(CCC1)O2. The van der Waals surface area contributed by atoms with E-state index >= 15 is 0 Å². The van der Waals surface area contributed by atoms with Gasteiger partial charge in [0.25, 0.3) is 0 Å². The standard InChI is InChI=1S/C13H24.C12H16.3C12H22.C11H21N.C11H18O2.3C11H20O.C10H18O/c1-12(2,3)13-8-4-5-11(6-9-13)7-10-13;1-11(2,3)12-8-5-4-6(8)10(12)7(4)9(5)12;1-11(2,3)12-7-4-10(5-8-12)6-9-12;1-11(2,3)12-7-4-5-10(9-12)6-8-12;1-10(2)12-7-3-5-11(9-12)6-4-8-12;1-10(2,3)11-4-7-12(8-5-11)9-6-11;1-10(2,3)11-5-7-4-8(13-11)9(6-11)12-7;1-10(2,3)11-6-4-9(5-7-11)12-8-11;1-10(2,3)11-6-4-9(5-7-11)8-12-11;1-9(2)11-7-3-5-10(12-11)6-4-8-11;1-8(2)10-6-3-4-9(11-10)5-7-10/h11H,4-10H2,1-3H3;4-10H,1-3H3;2*10H,4-9H2,1-3H3;10-11H,3-9H2,1-2H3;4-9H2,1-3H3;7-9H,4-6H2,1-3H3;2*9H,4-8H2,1-3H3;9-10H,3-8H2,1-2H3;8-9H,3-7H2,1-2H3. The molecule has 0 N–H and O–H groups in total. The van der Waals surface area contributed by atoms with Gasteiger partial charge in [0.2, 0.25) is 0 Å². The molecule has 15 aliphatic heterocycles. The van der Waals surface area contributed by atoms with Crippen LogP contribution in [0, 0.1) is 170 Å². The van der Waals surface area contributed by atoms with Gasteiger partial charge in [-0.15, -0.1) is 0 Å². The number of ether oxygens (including phenoxy) is 6. The lowest BCUT2D eigenvalue weighted by Crippen LogP contribution is -3.07. The van der Waals surface area contributed by atoms with Crippen LogP contribution in [-0.4, -0.2) is 96.8 Å². The first-order valence-electron chi connectivity index (χ1n) is 59.7. The molecule has 15 heterocycles. The predicted octanol–water partition coefficient (Wildman–Crippen LogP) is 35.3. The highest BCUT2D eigenvalue weighted by Crippen LogP contribution is 3.08. The van der Waals surface area contributed by atoms with E-state index in [0.29, 0.717) is 108 Å². The van der Waals surface area contributed by atoms with Crippen molar-refractivity contribution in [3.63, 3.8) is 0 Å². The molecule has 8 unspecified atom stereocenters. The number of rotatable bonds is 3. The summed E-state index contributed by atoms with van der Waals surface area (Å²) in [6.45, 7) is 77.9. The molecule has 0 aromatic heterocycles. The number of fused-ring (bicyclic) bond motifs is 24. The molecule has 0 radical (unpaired) electrons. The van der Waals surface area contributed by atoms with Gasteiger partial charge in [0.05, 0.1) is 72.2 Å². The largest absolute Gasteiger partial charge is 0.378 e. The van der Waals surface area contributed by atoms with Crippen molar-refractivity contribution in [2.45, 2.75) is 594 Å². The van der Waals surface area contributed by atoms with Gasteiger partial charge in [0, 0.05) is 19.3 Å². The summed E-state index contributed by atoms with van der Waals surface area (Å²) in [5, 5.41) is 0. The predicted molar refractivity (Wildman–Crippen MR) is 561 cm³/mol. The molecule has 7 heteroatoms. The molecule has 15 saturated heterocycles. The first-order chi connectivity index (χ1) is 62.0. The van der Waals surface area contributed by atoms with E-state index in [1.54, 1.807) is 6.42 Å². The molecule has 133 heavy (non-hydrogen) atoms.